The SMILES string of the molecule is Cc1ccc(C(NN)c2ccccc2)c(Cl)c1. The van der Waals surface area contributed by atoms with Gasteiger partial charge in [-0.2, -0.15) is 0 Å². The van der Waals surface area contributed by atoms with Crippen molar-refractivity contribution in [1.29, 1.82) is 0 Å². The van der Waals surface area contributed by atoms with Gasteiger partial charge < -0.3 is 0 Å². The van der Waals surface area contributed by atoms with E-state index in [1.807, 2.05) is 55.5 Å². The molecule has 0 aliphatic heterocycles. The molecule has 3 N–H and O–H groups in total. The van der Waals surface area contributed by atoms with Crippen LogP contribution in [0.15, 0.2) is 48.5 Å². The first-order valence-electron chi connectivity index (χ1n) is 5.49. The summed E-state index contributed by atoms with van der Waals surface area (Å²) in [4.78, 5) is 0. The van der Waals surface area contributed by atoms with Gasteiger partial charge in [0.05, 0.1) is 6.04 Å². The van der Waals surface area contributed by atoms with Crippen molar-refractivity contribution >= 4 is 11.6 Å². The number of halogens is 1. The molecule has 2 aromatic carbocycles. The van der Waals surface area contributed by atoms with Crippen LogP contribution in [0.5, 0.6) is 0 Å². The Balaban J connectivity index is 2.42. The van der Waals surface area contributed by atoms with E-state index in [-0.39, 0.29) is 6.04 Å². The smallest absolute Gasteiger partial charge is 0.0724 e. The molecule has 0 aromatic heterocycles. The molecule has 0 heterocycles. The molecule has 0 fully saturated rings. The normalized spacial score (nSPS) is 12.4. The number of hydrazine groups is 1. The molecule has 88 valence electrons. The maximum Gasteiger partial charge on any atom is 0.0724 e. The third-order valence-electron chi connectivity index (χ3n) is 2.77. The Bertz CT molecular complexity index is 497. The van der Waals surface area contributed by atoms with Crippen molar-refractivity contribution in [3.05, 3.63) is 70.2 Å². The number of nitrogens with one attached hydrogen (secondary N) is 1. The Morgan fingerprint density at radius 2 is 1.82 bits per heavy atom. The standard InChI is InChI=1S/C14H15ClN2/c1-10-7-8-12(13(15)9-10)14(17-16)11-5-3-2-4-6-11/h2-9,14,17H,16H2,1H3. The van der Waals surface area contributed by atoms with Gasteiger partial charge in [-0.1, -0.05) is 54.1 Å². The van der Waals surface area contributed by atoms with Crippen LogP contribution in [0.4, 0.5) is 0 Å². The van der Waals surface area contributed by atoms with Gasteiger partial charge in [0.2, 0.25) is 0 Å². The summed E-state index contributed by atoms with van der Waals surface area (Å²) < 4.78 is 0. The Labute approximate surface area is 106 Å². The molecule has 2 nitrogen and oxygen atoms in total. The molecule has 1 unspecified atom stereocenters. The second-order valence-electron chi connectivity index (χ2n) is 4.04. The van der Waals surface area contributed by atoms with E-state index >= 15 is 0 Å². The maximum absolute atomic E-state index is 6.26. The third kappa shape index (κ3) is 2.67. The van der Waals surface area contributed by atoms with Crippen LogP contribution < -0.4 is 11.3 Å². The summed E-state index contributed by atoms with van der Waals surface area (Å²) in [5.41, 5.74) is 6.04. The number of aryl methyl sites for hydroxylation is 1. The van der Waals surface area contributed by atoms with E-state index in [4.69, 9.17) is 17.4 Å². The molecule has 0 aliphatic rings. The third-order valence-corrected chi connectivity index (χ3v) is 3.09. The van der Waals surface area contributed by atoms with Crippen LogP contribution >= 0.6 is 11.6 Å². The minimum atomic E-state index is -0.0794. The monoisotopic (exact) mass is 246 g/mol. The fourth-order valence-electron chi connectivity index (χ4n) is 1.88. The zero-order chi connectivity index (χ0) is 12.3. The van der Waals surface area contributed by atoms with Gasteiger partial charge in [-0.3, -0.25) is 5.84 Å². The van der Waals surface area contributed by atoms with Gasteiger partial charge in [-0.25, -0.2) is 5.43 Å². The number of hydrogen-bond donors (Lipinski definition) is 2. The Morgan fingerprint density at radius 3 is 2.41 bits per heavy atom. The van der Waals surface area contributed by atoms with Crippen molar-refractivity contribution in [2.45, 2.75) is 13.0 Å². The lowest BCUT2D eigenvalue weighted by molar-refractivity contribution is 0.637. The highest BCUT2D eigenvalue weighted by Gasteiger charge is 2.14. The zero-order valence-electron chi connectivity index (χ0n) is 9.65. The van der Waals surface area contributed by atoms with E-state index in [2.05, 4.69) is 5.43 Å². The van der Waals surface area contributed by atoms with Gasteiger partial charge >= 0.3 is 0 Å². The second kappa shape index (κ2) is 5.32. The van der Waals surface area contributed by atoms with E-state index in [0.717, 1.165) is 21.7 Å². The van der Waals surface area contributed by atoms with Gasteiger partial charge in [0.1, 0.15) is 0 Å². The quantitative estimate of drug-likeness (QED) is 0.645. The average Bonchev–Trinajstić information content (AvgIpc) is 2.34. The average molecular weight is 247 g/mol. The number of nitrogens with two attached hydrogens (primary N) is 1. The van der Waals surface area contributed by atoms with Crippen molar-refractivity contribution in [1.82, 2.24) is 5.43 Å². The molecule has 2 rings (SSSR count). The minimum absolute atomic E-state index is 0.0794. The lowest BCUT2D eigenvalue weighted by Gasteiger charge is -2.18. The van der Waals surface area contributed by atoms with Gasteiger partial charge in [0.15, 0.2) is 0 Å². The van der Waals surface area contributed by atoms with Crippen LogP contribution in [0, 0.1) is 6.92 Å². The molecule has 0 spiro atoms. The van der Waals surface area contributed by atoms with E-state index < -0.39 is 0 Å². The molecule has 0 bridgehead atoms. The molecule has 3 heteroatoms. The van der Waals surface area contributed by atoms with Crippen LogP contribution in [0.25, 0.3) is 0 Å². The van der Waals surface area contributed by atoms with Crippen LogP contribution in [-0.2, 0) is 0 Å². The summed E-state index contributed by atoms with van der Waals surface area (Å²) in [6, 6.07) is 15.9. The van der Waals surface area contributed by atoms with Crippen molar-refractivity contribution in [2.24, 2.45) is 5.84 Å². The highest BCUT2D eigenvalue weighted by atomic mass is 35.5. The second-order valence-corrected chi connectivity index (χ2v) is 4.44. The molecular formula is C14H15ClN2. The van der Waals surface area contributed by atoms with E-state index in [9.17, 15) is 0 Å². The summed E-state index contributed by atoms with van der Waals surface area (Å²) in [5, 5.41) is 0.733. The summed E-state index contributed by atoms with van der Waals surface area (Å²) >= 11 is 6.26. The number of benzene rings is 2. The molecule has 0 aliphatic carbocycles. The summed E-state index contributed by atoms with van der Waals surface area (Å²) in [5.74, 6) is 5.64. The van der Waals surface area contributed by atoms with E-state index in [0.29, 0.717) is 0 Å². The summed E-state index contributed by atoms with van der Waals surface area (Å²) in [7, 11) is 0. The van der Waals surface area contributed by atoms with Crippen molar-refractivity contribution < 1.29 is 0 Å². The van der Waals surface area contributed by atoms with Crippen LogP contribution in [0.2, 0.25) is 5.02 Å². The lowest BCUT2D eigenvalue weighted by Crippen LogP contribution is -2.29. The molecule has 0 radical (unpaired) electrons. The van der Waals surface area contributed by atoms with E-state index in [1.54, 1.807) is 0 Å². The molecule has 2 aromatic rings. The van der Waals surface area contributed by atoms with Crippen LogP contribution in [0.3, 0.4) is 0 Å². The molecule has 17 heavy (non-hydrogen) atoms. The zero-order valence-corrected chi connectivity index (χ0v) is 10.4. The number of rotatable bonds is 3. The van der Waals surface area contributed by atoms with Crippen LogP contribution in [-0.4, -0.2) is 0 Å². The first-order chi connectivity index (χ1) is 8.22. The fraction of sp³-hybridized carbons (Fsp3) is 0.143. The fourth-order valence-corrected chi connectivity index (χ4v) is 2.22. The van der Waals surface area contributed by atoms with Gasteiger partial charge in [-0.05, 0) is 29.7 Å². The molecule has 0 amide bonds. The first kappa shape index (κ1) is 12.1. The van der Waals surface area contributed by atoms with Crippen LogP contribution in [0.1, 0.15) is 22.7 Å². The van der Waals surface area contributed by atoms with Gasteiger partial charge in [0.25, 0.3) is 0 Å². The lowest BCUT2D eigenvalue weighted by atomic mass is 9.98. The predicted octanol–water partition coefficient (Wildman–Crippen LogP) is 3.20. The molecule has 0 saturated carbocycles. The summed E-state index contributed by atoms with van der Waals surface area (Å²) in [6.45, 7) is 2.02. The van der Waals surface area contributed by atoms with Crippen molar-refractivity contribution in [3.63, 3.8) is 0 Å². The Kier molecular flexibility index (Phi) is 3.79. The maximum atomic E-state index is 6.26. The predicted molar refractivity (Wildman–Crippen MR) is 71.8 cm³/mol. The minimum Gasteiger partial charge on any atom is -0.271 e. The molecule has 0 saturated heterocycles. The van der Waals surface area contributed by atoms with E-state index in [1.165, 1.54) is 0 Å². The Hall–Kier alpha value is -1.35. The highest BCUT2D eigenvalue weighted by molar-refractivity contribution is 6.31. The highest BCUT2D eigenvalue weighted by Crippen LogP contribution is 2.28. The Morgan fingerprint density at radius 1 is 1.12 bits per heavy atom. The first-order valence-corrected chi connectivity index (χ1v) is 5.87. The van der Waals surface area contributed by atoms with Gasteiger partial charge in [0, 0.05) is 5.02 Å². The largest absolute Gasteiger partial charge is 0.271 e. The molecule has 1 atom stereocenters. The van der Waals surface area contributed by atoms with Crippen molar-refractivity contribution in [3.8, 4) is 0 Å². The van der Waals surface area contributed by atoms with Gasteiger partial charge in [-0.15, -0.1) is 0 Å². The molecular weight excluding hydrogens is 232 g/mol. The summed E-state index contributed by atoms with van der Waals surface area (Å²) in [6.07, 6.45) is 0. The number of hydrogen-bond acceptors (Lipinski definition) is 2. The van der Waals surface area contributed by atoms with Crippen molar-refractivity contribution in [2.75, 3.05) is 0 Å². The topological polar surface area (TPSA) is 38.0 Å².